The molecule has 22 heavy (non-hydrogen) atoms. The Hall–Kier alpha value is -1.69. The van der Waals surface area contributed by atoms with Crippen LogP contribution >= 0.6 is 0 Å². The molecule has 0 aliphatic carbocycles. The summed E-state index contributed by atoms with van der Waals surface area (Å²) in [6, 6.07) is 6.87. The normalized spacial score (nSPS) is 24.6. The van der Waals surface area contributed by atoms with Crippen molar-refractivity contribution in [3.8, 4) is 5.75 Å². The molecule has 1 aromatic rings. The molecule has 2 heterocycles. The number of benzene rings is 1. The van der Waals surface area contributed by atoms with Gasteiger partial charge >= 0.3 is 0 Å². The predicted octanol–water partition coefficient (Wildman–Crippen LogP) is 2.36. The molecule has 2 aliphatic heterocycles. The van der Waals surface area contributed by atoms with Crippen molar-refractivity contribution in [2.24, 2.45) is 0 Å². The molecule has 0 aromatic heterocycles. The lowest BCUT2D eigenvalue weighted by Crippen LogP contribution is -2.41. The van der Waals surface area contributed by atoms with Crippen molar-refractivity contribution in [1.82, 2.24) is 10.2 Å². The zero-order valence-electron chi connectivity index (χ0n) is 12.4. The van der Waals surface area contributed by atoms with E-state index in [4.69, 9.17) is 4.74 Å². The molecule has 1 atom stereocenters. The van der Waals surface area contributed by atoms with Crippen molar-refractivity contribution in [1.29, 1.82) is 0 Å². The molecule has 1 N–H and O–H groups in total. The summed E-state index contributed by atoms with van der Waals surface area (Å²) in [6.07, 6.45) is -0.0677. The first-order valence-corrected chi connectivity index (χ1v) is 7.68. The predicted molar refractivity (Wildman–Crippen MR) is 78.1 cm³/mol. The summed E-state index contributed by atoms with van der Waals surface area (Å²) in [5, 5.41) is 3.17. The molecule has 120 valence electrons. The van der Waals surface area contributed by atoms with Crippen molar-refractivity contribution in [2.75, 3.05) is 26.2 Å². The largest absolute Gasteiger partial charge is 0.492 e. The summed E-state index contributed by atoms with van der Waals surface area (Å²) < 4.78 is 32.6. The van der Waals surface area contributed by atoms with Crippen molar-refractivity contribution >= 4 is 5.91 Å². The number of likely N-dealkylation sites (tertiary alicyclic amines) is 1. The maximum Gasteiger partial charge on any atom is 0.249 e. The highest BCUT2D eigenvalue weighted by molar-refractivity contribution is 5.84. The zero-order valence-corrected chi connectivity index (χ0v) is 12.4. The number of nitrogens with zero attached hydrogens (tertiary/aromatic N) is 1. The van der Waals surface area contributed by atoms with Gasteiger partial charge in [-0.05, 0) is 12.5 Å². The standard InChI is InChI=1S/C16H20F2N2O2/c17-16(18)6-3-9-20(10-7-16)15(21)14-12-4-1-2-5-13(12)22-11-8-19-14/h1-2,4-5,14,19H,3,6-11H2. The molecule has 1 fully saturated rings. The Balaban J connectivity index is 1.80. The maximum absolute atomic E-state index is 13.5. The number of amides is 1. The number of rotatable bonds is 1. The Labute approximate surface area is 128 Å². The minimum atomic E-state index is -2.66. The maximum atomic E-state index is 13.5. The monoisotopic (exact) mass is 310 g/mol. The van der Waals surface area contributed by atoms with Gasteiger partial charge in [-0.3, -0.25) is 10.1 Å². The van der Waals surface area contributed by atoms with Crippen molar-refractivity contribution < 1.29 is 18.3 Å². The molecule has 1 aromatic carbocycles. The van der Waals surface area contributed by atoms with Gasteiger partial charge in [0.15, 0.2) is 0 Å². The summed E-state index contributed by atoms with van der Waals surface area (Å²) in [6.45, 7) is 1.52. The van der Waals surface area contributed by atoms with Gasteiger partial charge in [0.2, 0.25) is 11.8 Å². The summed E-state index contributed by atoms with van der Waals surface area (Å²) in [5.74, 6) is -2.12. The van der Waals surface area contributed by atoms with Crippen LogP contribution in [0, 0.1) is 0 Å². The highest BCUT2D eigenvalue weighted by atomic mass is 19.3. The number of carbonyl (C=O) groups excluding carboxylic acids is 1. The van der Waals surface area contributed by atoms with E-state index in [1.165, 1.54) is 0 Å². The number of para-hydroxylation sites is 1. The lowest BCUT2D eigenvalue weighted by molar-refractivity contribution is -0.133. The van der Waals surface area contributed by atoms with Crippen LogP contribution in [0.5, 0.6) is 5.75 Å². The van der Waals surface area contributed by atoms with Gasteiger partial charge < -0.3 is 9.64 Å². The summed E-state index contributed by atoms with van der Waals surface area (Å²) in [7, 11) is 0. The fourth-order valence-electron chi connectivity index (χ4n) is 3.01. The van der Waals surface area contributed by atoms with Gasteiger partial charge in [-0.2, -0.15) is 0 Å². The second-order valence-corrected chi connectivity index (χ2v) is 5.81. The fraction of sp³-hybridized carbons (Fsp3) is 0.562. The molecule has 2 aliphatic rings. The third-order valence-corrected chi connectivity index (χ3v) is 4.21. The molecule has 1 amide bonds. The summed E-state index contributed by atoms with van der Waals surface area (Å²) in [5.41, 5.74) is 0.779. The van der Waals surface area contributed by atoms with Crippen molar-refractivity contribution in [3.05, 3.63) is 29.8 Å². The lowest BCUT2D eigenvalue weighted by Gasteiger charge is -2.26. The second-order valence-electron chi connectivity index (χ2n) is 5.81. The Kier molecular flexibility index (Phi) is 4.29. The van der Waals surface area contributed by atoms with Crippen molar-refractivity contribution in [2.45, 2.75) is 31.2 Å². The van der Waals surface area contributed by atoms with Crippen LogP contribution in [0.25, 0.3) is 0 Å². The van der Waals surface area contributed by atoms with E-state index in [0.717, 1.165) is 5.56 Å². The van der Waals surface area contributed by atoms with E-state index in [-0.39, 0.29) is 25.3 Å². The molecule has 0 spiro atoms. The van der Waals surface area contributed by atoms with E-state index in [9.17, 15) is 13.6 Å². The van der Waals surface area contributed by atoms with Crippen molar-refractivity contribution in [3.63, 3.8) is 0 Å². The van der Waals surface area contributed by atoms with Crippen LogP contribution in [0.1, 0.15) is 30.9 Å². The number of carbonyl (C=O) groups is 1. The highest BCUT2D eigenvalue weighted by Crippen LogP contribution is 2.31. The number of hydrogen-bond acceptors (Lipinski definition) is 3. The number of ether oxygens (including phenoxy) is 1. The van der Waals surface area contributed by atoms with Gasteiger partial charge in [-0.25, -0.2) is 8.78 Å². The van der Waals surface area contributed by atoms with Gasteiger partial charge in [0, 0.05) is 38.0 Å². The van der Waals surface area contributed by atoms with Crippen LogP contribution < -0.4 is 10.1 Å². The number of halogens is 2. The van der Waals surface area contributed by atoms with Crippen LogP contribution in [-0.2, 0) is 4.79 Å². The Bertz CT molecular complexity index is 551. The SMILES string of the molecule is O=C(C1NCCOc2ccccc21)N1CCCC(F)(F)CC1. The number of alkyl halides is 2. The number of nitrogens with one attached hydrogen (secondary N) is 1. The molecule has 6 heteroatoms. The molecule has 0 bridgehead atoms. The average molecular weight is 310 g/mol. The van der Waals surface area contributed by atoms with Crippen LogP contribution in [0.3, 0.4) is 0 Å². The third kappa shape index (κ3) is 3.21. The van der Waals surface area contributed by atoms with Gasteiger partial charge in [0.25, 0.3) is 0 Å². The van der Waals surface area contributed by atoms with Crippen LogP contribution in [0.2, 0.25) is 0 Å². The second kappa shape index (κ2) is 6.20. The highest BCUT2D eigenvalue weighted by Gasteiger charge is 2.36. The van der Waals surface area contributed by atoms with Gasteiger partial charge in [0.1, 0.15) is 18.4 Å². The summed E-state index contributed by atoms with van der Waals surface area (Å²) in [4.78, 5) is 14.4. The first kappa shape index (κ1) is 15.2. The molecule has 4 nitrogen and oxygen atoms in total. The van der Waals surface area contributed by atoms with Gasteiger partial charge in [0.05, 0.1) is 0 Å². The minimum absolute atomic E-state index is 0.104. The zero-order chi connectivity index (χ0) is 15.6. The third-order valence-electron chi connectivity index (χ3n) is 4.21. The van der Waals surface area contributed by atoms with Gasteiger partial charge in [-0.1, -0.05) is 18.2 Å². The topological polar surface area (TPSA) is 41.6 Å². The quantitative estimate of drug-likeness (QED) is 0.866. The molecule has 3 rings (SSSR count). The molecule has 1 saturated heterocycles. The first-order valence-electron chi connectivity index (χ1n) is 7.68. The Morgan fingerprint density at radius 2 is 2.09 bits per heavy atom. The average Bonchev–Trinajstić information content (AvgIpc) is 2.82. The van der Waals surface area contributed by atoms with Crippen LogP contribution in [-0.4, -0.2) is 43.0 Å². The lowest BCUT2D eigenvalue weighted by atomic mass is 10.0. The summed E-state index contributed by atoms with van der Waals surface area (Å²) >= 11 is 0. The van der Waals surface area contributed by atoms with E-state index >= 15 is 0 Å². The molecular weight excluding hydrogens is 290 g/mol. The molecule has 0 saturated carbocycles. The Morgan fingerprint density at radius 3 is 2.95 bits per heavy atom. The van der Waals surface area contributed by atoms with Gasteiger partial charge in [-0.15, -0.1) is 0 Å². The van der Waals surface area contributed by atoms with E-state index in [2.05, 4.69) is 5.32 Å². The fourth-order valence-corrected chi connectivity index (χ4v) is 3.01. The number of hydrogen-bond donors (Lipinski definition) is 1. The van der Waals surface area contributed by atoms with Crippen LogP contribution in [0.15, 0.2) is 24.3 Å². The minimum Gasteiger partial charge on any atom is -0.492 e. The van der Waals surface area contributed by atoms with E-state index in [1.807, 2.05) is 24.3 Å². The van der Waals surface area contributed by atoms with E-state index in [1.54, 1.807) is 4.90 Å². The smallest absolute Gasteiger partial charge is 0.249 e. The van der Waals surface area contributed by atoms with Crippen LogP contribution in [0.4, 0.5) is 8.78 Å². The number of fused-ring (bicyclic) bond motifs is 1. The molecule has 1 unspecified atom stereocenters. The van der Waals surface area contributed by atoms with E-state index in [0.29, 0.717) is 31.9 Å². The van der Waals surface area contributed by atoms with E-state index < -0.39 is 12.0 Å². The first-order chi connectivity index (χ1) is 10.6. The Morgan fingerprint density at radius 1 is 1.27 bits per heavy atom. The molecule has 0 radical (unpaired) electrons. The molecular formula is C16H20F2N2O2.